The standard InChI is InChI=1S/C24H29F3N2O4/c1-16-13-18(7-10-21(16)32-2)23(31)20(15-29-11-3-4-12-29)28-22(30)14-17-5-8-19(9-6-17)33-24(25,26)27/h5-10,13,20,23,31H,3-4,11-12,14-15H2,1-2H3,(H,28,30)/t20-,23-/m1/s1. The van der Waals surface area contributed by atoms with E-state index in [1.165, 1.54) is 24.3 Å². The summed E-state index contributed by atoms with van der Waals surface area (Å²) in [6.45, 7) is 4.19. The molecule has 1 amide bonds. The molecule has 2 atom stereocenters. The topological polar surface area (TPSA) is 71.0 Å². The van der Waals surface area contributed by atoms with E-state index in [4.69, 9.17) is 4.74 Å². The average Bonchev–Trinajstić information content (AvgIpc) is 3.26. The number of halogens is 3. The van der Waals surface area contributed by atoms with Gasteiger partial charge in [-0.15, -0.1) is 13.2 Å². The smallest absolute Gasteiger partial charge is 0.496 e. The quantitative estimate of drug-likeness (QED) is 0.589. The van der Waals surface area contributed by atoms with E-state index < -0.39 is 18.5 Å². The number of carbonyl (C=O) groups excluding carboxylic acids is 1. The Morgan fingerprint density at radius 1 is 1.15 bits per heavy atom. The number of benzene rings is 2. The third-order valence-corrected chi connectivity index (χ3v) is 5.66. The molecule has 0 bridgehead atoms. The Hall–Kier alpha value is -2.78. The number of methoxy groups -OCH3 is 1. The number of nitrogens with zero attached hydrogens (tertiary/aromatic N) is 1. The molecule has 0 unspecified atom stereocenters. The van der Waals surface area contributed by atoms with Crippen molar-refractivity contribution >= 4 is 5.91 Å². The first-order chi connectivity index (χ1) is 15.6. The van der Waals surface area contributed by atoms with Crippen LogP contribution in [-0.4, -0.2) is 55.1 Å². The van der Waals surface area contributed by atoms with Crippen molar-refractivity contribution in [2.24, 2.45) is 0 Å². The fourth-order valence-electron chi connectivity index (χ4n) is 4.04. The highest BCUT2D eigenvalue weighted by atomic mass is 19.4. The van der Waals surface area contributed by atoms with Gasteiger partial charge in [0.15, 0.2) is 0 Å². The second-order valence-electron chi connectivity index (χ2n) is 8.22. The Labute approximate surface area is 191 Å². The lowest BCUT2D eigenvalue weighted by atomic mass is 9.99. The van der Waals surface area contributed by atoms with Crippen LogP contribution in [0.15, 0.2) is 42.5 Å². The minimum Gasteiger partial charge on any atom is -0.496 e. The van der Waals surface area contributed by atoms with Gasteiger partial charge in [-0.25, -0.2) is 0 Å². The molecule has 0 aromatic heterocycles. The average molecular weight is 467 g/mol. The Morgan fingerprint density at radius 3 is 2.39 bits per heavy atom. The number of likely N-dealkylation sites (tertiary alicyclic amines) is 1. The van der Waals surface area contributed by atoms with Crippen LogP contribution in [0, 0.1) is 6.92 Å². The zero-order valence-corrected chi connectivity index (χ0v) is 18.7. The van der Waals surface area contributed by atoms with Gasteiger partial charge in [-0.3, -0.25) is 4.79 Å². The molecule has 9 heteroatoms. The minimum absolute atomic E-state index is 0.0306. The summed E-state index contributed by atoms with van der Waals surface area (Å²) < 4.78 is 46.1. The van der Waals surface area contributed by atoms with Gasteiger partial charge in [-0.05, 0) is 73.8 Å². The molecule has 6 nitrogen and oxygen atoms in total. The molecule has 2 aromatic rings. The van der Waals surface area contributed by atoms with E-state index in [0.29, 0.717) is 23.4 Å². The molecule has 0 spiro atoms. The number of hydrogen-bond acceptors (Lipinski definition) is 5. The number of nitrogens with one attached hydrogen (secondary N) is 1. The molecule has 0 saturated carbocycles. The van der Waals surface area contributed by atoms with Crippen LogP contribution in [0.3, 0.4) is 0 Å². The number of aliphatic hydroxyl groups is 1. The molecular weight excluding hydrogens is 437 g/mol. The van der Waals surface area contributed by atoms with Gasteiger partial charge in [0.2, 0.25) is 5.91 Å². The predicted octanol–water partition coefficient (Wildman–Crippen LogP) is 3.76. The monoisotopic (exact) mass is 466 g/mol. The molecule has 2 aromatic carbocycles. The first kappa shape index (κ1) is 24.9. The van der Waals surface area contributed by atoms with Crippen LogP contribution in [0.5, 0.6) is 11.5 Å². The largest absolute Gasteiger partial charge is 0.573 e. The van der Waals surface area contributed by atoms with E-state index in [1.807, 2.05) is 13.0 Å². The van der Waals surface area contributed by atoms with Gasteiger partial charge in [0.25, 0.3) is 0 Å². The number of amides is 1. The fourth-order valence-corrected chi connectivity index (χ4v) is 4.04. The van der Waals surface area contributed by atoms with Crippen LogP contribution >= 0.6 is 0 Å². The summed E-state index contributed by atoms with van der Waals surface area (Å²) >= 11 is 0. The molecule has 1 heterocycles. The van der Waals surface area contributed by atoms with Gasteiger partial charge in [0, 0.05) is 6.54 Å². The molecule has 1 saturated heterocycles. The Kier molecular flexibility index (Phi) is 8.20. The van der Waals surface area contributed by atoms with Crippen LogP contribution in [-0.2, 0) is 11.2 Å². The highest BCUT2D eigenvalue weighted by Gasteiger charge is 2.31. The summed E-state index contributed by atoms with van der Waals surface area (Å²) in [5.41, 5.74) is 2.09. The lowest BCUT2D eigenvalue weighted by molar-refractivity contribution is -0.274. The van der Waals surface area contributed by atoms with Gasteiger partial charge < -0.3 is 24.8 Å². The summed E-state index contributed by atoms with van der Waals surface area (Å²) in [4.78, 5) is 14.9. The maximum Gasteiger partial charge on any atom is 0.573 e. The molecule has 0 radical (unpaired) electrons. The van der Waals surface area contributed by atoms with Gasteiger partial charge in [0.1, 0.15) is 17.6 Å². The van der Waals surface area contributed by atoms with Crippen LogP contribution < -0.4 is 14.8 Å². The number of rotatable bonds is 9. The summed E-state index contributed by atoms with van der Waals surface area (Å²) in [6.07, 6.45) is -3.58. The van der Waals surface area contributed by atoms with Crippen molar-refractivity contribution in [3.05, 3.63) is 59.2 Å². The van der Waals surface area contributed by atoms with Crippen LogP contribution in [0.25, 0.3) is 0 Å². The number of carbonyl (C=O) groups is 1. The summed E-state index contributed by atoms with van der Waals surface area (Å²) in [5, 5.41) is 14.0. The lowest BCUT2D eigenvalue weighted by Crippen LogP contribution is -2.47. The van der Waals surface area contributed by atoms with Crippen molar-refractivity contribution in [1.82, 2.24) is 10.2 Å². The van der Waals surface area contributed by atoms with Gasteiger partial charge in [0.05, 0.1) is 19.6 Å². The van der Waals surface area contributed by atoms with E-state index in [-0.39, 0.29) is 18.1 Å². The zero-order chi connectivity index (χ0) is 24.0. The third kappa shape index (κ3) is 7.36. The Bertz CT molecular complexity index is 928. The molecule has 1 aliphatic rings. The van der Waals surface area contributed by atoms with Crippen LogP contribution in [0.1, 0.15) is 35.6 Å². The maximum absolute atomic E-state index is 12.7. The lowest BCUT2D eigenvalue weighted by Gasteiger charge is -2.29. The molecule has 33 heavy (non-hydrogen) atoms. The summed E-state index contributed by atoms with van der Waals surface area (Å²) in [6, 6.07) is 10.0. The number of alkyl halides is 3. The Morgan fingerprint density at radius 2 is 1.82 bits per heavy atom. The van der Waals surface area contributed by atoms with Crippen LogP contribution in [0.4, 0.5) is 13.2 Å². The fraction of sp³-hybridized carbons (Fsp3) is 0.458. The van der Waals surface area contributed by atoms with E-state index in [1.54, 1.807) is 19.2 Å². The highest BCUT2D eigenvalue weighted by Crippen LogP contribution is 2.26. The van der Waals surface area contributed by atoms with Crippen molar-refractivity contribution < 1.29 is 32.5 Å². The first-order valence-electron chi connectivity index (χ1n) is 10.8. The van der Waals surface area contributed by atoms with E-state index in [2.05, 4.69) is 15.0 Å². The molecular formula is C24H29F3N2O4. The predicted molar refractivity (Wildman–Crippen MR) is 117 cm³/mol. The molecule has 2 N–H and O–H groups in total. The molecule has 1 aliphatic heterocycles. The third-order valence-electron chi connectivity index (χ3n) is 5.66. The normalized spacial score (nSPS) is 16.3. The molecule has 0 aliphatic carbocycles. The Balaban J connectivity index is 1.68. The van der Waals surface area contributed by atoms with Crippen molar-refractivity contribution in [2.75, 3.05) is 26.7 Å². The second kappa shape index (κ2) is 10.9. The molecule has 180 valence electrons. The van der Waals surface area contributed by atoms with E-state index >= 15 is 0 Å². The second-order valence-corrected chi connectivity index (χ2v) is 8.22. The number of aliphatic hydroxyl groups excluding tert-OH is 1. The first-order valence-corrected chi connectivity index (χ1v) is 10.8. The maximum atomic E-state index is 12.7. The zero-order valence-electron chi connectivity index (χ0n) is 18.7. The van der Waals surface area contributed by atoms with Gasteiger partial charge in [-0.1, -0.05) is 18.2 Å². The number of ether oxygens (including phenoxy) is 2. The summed E-state index contributed by atoms with van der Waals surface area (Å²) in [5.74, 6) is 0.0425. The minimum atomic E-state index is -4.77. The molecule has 3 rings (SSSR count). The van der Waals surface area contributed by atoms with Gasteiger partial charge >= 0.3 is 6.36 Å². The van der Waals surface area contributed by atoms with Crippen molar-refractivity contribution in [3.8, 4) is 11.5 Å². The van der Waals surface area contributed by atoms with E-state index in [9.17, 15) is 23.1 Å². The van der Waals surface area contributed by atoms with Crippen molar-refractivity contribution in [1.29, 1.82) is 0 Å². The molecule has 1 fully saturated rings. The summed E-state index contributed by atoms with van der Waals surface area (Å²) in [7, 11) is 1.58. The van der Waals surface area contributed by atoms with Crippen molar-refractivity contribution in [2.45, 2.75) is 44.7 Å². The number of hydrogen-bond donors (Lipinski definition) is 2. The highest BCUT2D eigenvalue weighted by molar-refractivity contribution is 5.79. The van der Waals surface area contributed by atoms with Crippen molar-refractivity contribution in [3.63, 3.8) is 0 Å². The van der Waals surface area contributed by atoms with E-state index in [0.717, 1.165) is 31.5 Å². The SMILES string of the molecule is COc1ccc([C@@H](O)[C@@H](CN2CCCC2)NC(=O)Cc2ccc(OC(F)(F)F)cc2)cc1C. The van der Waals surface area contributed by atoms with Crippen LogP contribution in [0.2, 0.25) is 0 Å². The van der Waals surface area contributed by atoms with Gasteiger partial charge in [-0.2, -0.15) is 0 Å². The number of aryl methyl sites for hydroxylation is 1.